The van der Waals surface area contributed by atoms with Crippen molar-refractivity contribution in [3.8, 4) is 11.4 Å². The molecule has 7 heteroatoms. The van der Waals surface area contributed by atoms with E-state index in [0.717, 1.165) is 22.5 Å². The van der Waals surface area contributed by atoms with Gasteiger partial charge >= 0.3 is 0 Å². The Kier molecular flexibility index (Phi) is 5.83. The predicted molar refractivity (Wildman–Crippen MR) is 101 cm³/mol. The number of hydrogen-bond donors (Lipinski definition) is 2. The van der Waals surface area contributed by atoms with Crippen LogP contribution in [0.1, 0.15) is 0 Å². The van der Waals surface area contributed by atoms with Crippen LogP contribution >= 0.6 is 0 Å². The van der Waals surface area contributed by atoms with Crippen LogP contribution in [0.2, 0.25) is 0 Å². The molecule has 1 amide bonds. The van der Waals surface area contributed by atoms with Crippen LogP contribution in [0.3, 0.4) is 0 Å². The van der Waals surface area contributed by atoms with Crippen LogP contribution in [0.25, 0.3) is 16.7 Å². The number of aromatic nitrogens is 2. The van der Waals surface area contributed by atoms with Crippen molar-refractivity contribution in [2.45, 2.75) is 0 Å². The van der Waals surface area contributed by atoms with Crippen LogP contribution in [-0.4, -0.2) is 49.4 Å². The van der Waals surface area contributed by atoms with Crippen molar-refractivity contribution in [3.05, 3.63) is 48.5 Å². The van der Waals surface area contributed by atoms with Gasteiger partial charge in [-0.2, -0.15) is 0 Å². The fraction of sp³-hybridized carbons (Fsp3) is 0.263. The number of rotatable bonds is 8. The smallest absolute Gasteiger partial charge is 0.240 e. The molecule has 0 aliphatic rings. The fourth-order valence-corrected chi connectivity index (χ4v) is 2.65. The highest BCUT2D eigenvalue weighted by atomic mass is 16.5. The zero-order valence-electron chi connectivity index (χ0n) is 14.9. The number of carbonyl (C=O) groups excluding carboxylic acids is 1. The average Bonchev–Trinajstić information content (AvgIpc) is 3.03. The van der Waals surface area contributed by atoms with Crippen molar-refractivity contribution in [2.24, 2.45) is 0 Å². The summed E-state index contributed by atoms with van der Waals surface area (Å²) in [6, 6.07) is 15.4. The zero-order valence-corrected chi connectivity index (χ0v) is 14.9. The lowest BCUT2D eigenvalue weighted by atomic mass is 10.2. The minimum Gasteiger partial charge on any atom is -0.497 e. The molecular formula is C19H22N4O3. The summed E-state index contributed by atoms with van der Waals surface area (Å²) in [5.74, 6) is 1.09. The van der Waals surface area contributed by atoms with Gasteiger partial charge < -0.3 is 14.8 Å². The Labute approximate surface area is 151 Å². The maximum absolute atomic E-state index is 12.2. The monoisotopic (exact) mass is 354 g/mol. The quantitative estimate of drug-likeness (QED) is 0.607. The number of amides is 1. The van der Waals surface area contributed by atoms with Crippen molar-refractivity contribution >= 4 is 22.9 Å². The van der Waals surface area contributed by atoms with Gasteiger partial charge in [-0.15, -0.1) is 0 Å². The molecule has 0 spiro atoms. The van der Waals surface area contributed by atoms with E-state index < -0.39 is 0 Å². The van der Waals surface area contributed by atoms with Crippen molar-refractivity contribution in [3.63, 3.8) is 0 Å². The van der Waals surface area contributed by atoms with Crippen LogP contribution in [0.5, 0.6) is 5.75 Å². The largest absolute Gasteiger partial charge is 0.497 e. The van der Waals surface area contributed by atoms with Gasteiger partial charge in [0.25, 0.3) is 0 Å². The summed E-state index contributed by atoms with van der Waals surface area (Å²) in [5.41, 5.74) is 2.62. The number of carbonyl (C=O) groups is 1. The molecule has 26 heavy (non-hydrogen) atoms. The van der Waals surface area contributed by atoms with Crippen molar-refractivity contribution < 1.29 is 14.3 Å². The molecule has 0 radical (unpaired) electrons. The first-order chi connectivity index (χ1) is 12.7. The molecular weight excluding hydrogens is 332 g/mol. The van der Waals surface area contributed by atoms with E-state index in [-0.39, 0.29) is 12.5 Å². The number of benzene rings is 2. The number of anilines is 1. The van der Waals surface area contributed by atoms with Gasteiger partial charge in [0, 0.05) is 19.3 Å². The van der Waals surface area contributed by atoms with Gasteiger partial charge in [-0.25, -0.2) is 4.98 Å². The topological polar surface area (TPSA) is 77.4 Å². The molecule has 2 aromatic carbocycles. The molecule has 136 valence electrons. The average molecular weight is 354 g/mol. The van der Waals surface area contributed by atoms with Crippen LogP contribution < -0.4 is 15.4 Å². The summed E-state index contributed by atoms with van der Waals surface area (Å²) in [6.07, 6.45) is 0. The molecule has 0 unspecified atom stereocenters. The summed E-state index contributed by atoms with van der Waals surface area (Å²) in [7, 11) is 3.25. The lowest BCUT2D eigenvalue weighted by molar-refractivity contribution is -0.115. The zero-order chi connectivity index (χ0) is 18.4. The molecule has 3 aromatic rings. The first-order valence-corrected chi connectivity index (χ1v) is 8.34. The SMILES string of the molecule is COCCNCC(=O)Nc1nc2ccccc2n1-c1ccc(OC)cc1. The molecule has 3 rings (SSSR count). The maximum Gasteiger partial charge on any atom is 0.240 e. The molecule has 0 atom stereocenters. The summed E-state index contributed by atoms with van der Waals surface area (Å²) < 4.78 is 12.1. The second kappa shape index (κ2) is 8.46. The van der Waals surface area contributed by atoms with E-state index in [1.807, 2.05) is 53.1 Å². The molecule has 0 aliphatic heterocycles. The van der Waals surface area contributed by atoms with Gasteiger partial charge in [-0.3, -0.25) is 14.7 Å². The molecule has 0 saturated carbocycles. The Morgan fingerprint density at radius 3 is 2.62 bits per heavy atom. The van der Waals surface area contributed by atoms with Gasteiger partial charge in [0.15, 0.2) is 0 Å². The van der Waals surface area contributed by atoms with Crippen LogP contribution in [0, 0.1) is 0 Å². The van der Waals surface area contributed by atoms with E-state index in [9.17, 15) is 4.79 Å². The highest BCUT2D eigenvalue weighted by molar-refractivity contribution is 5.93. The predicted octanol–water partition coefficient (Wildman–Crippen LogP) is 2.21. The Hall–Kier alpha value is -2.90. The van der Waals surface area contributed by atoms with Crippen molar-refractivity contribution in [1.29, 1.82) is 0 Å². The second-order valence-corrected chi connectivity index (χ2v) is 5.68. The second-order valence-electron chi connectivity index (χ2n) is 5.68. The van der Waals surface area contributed by atoms with Gasteiger partial charge in [0.05, 0.1) is 31.3 Å². The molecule has 0 aliphatic carbocycles. The van der Waals surface area contributed by atoms with Crippen LogP contribution in [-0.2, 0) is 9.53 Å². The van der Waals surface area contributed by atoms with Gasteiger partial charge in [-0.1, -0.05) is 12.1 Å². The highest BCUT2D eigenvalue weighted by Crippen LogP contribution is 2.25. The van der Waals surface area contributed by atoms with Crippen LogP contribution in [0.4, 0.5) is 5.95 Å². The summed E-state index contributed by atoms with van der Waals surface area (Å²) in [4.78, 5) is 16.8. The van der Waals surface area contributed by atoms with E-state index in [0.29, 0.717) is 19.1 Å². The molecule has 0 fully saturated rings. The number of nitrogens with one attached hydrogen (secondary N) is 2. The van der Waals surface area contributed by atoms with Crippen molar-refractivity contribution in [1.82, 2.24) is 14.9 Å². The lowest BCUT2D eigenvalue weighted by Gasteiger charge is -2.11. The fourth-order valence-electron chi connectivity index (χ4n) is 2.65. The summed E-state index contributed by atoms with van der Waals surface area (Å²) in [6.45, 7) is 1.35. The number of fused-ring (bicyclic) bond motifs is 1. The Morgan fingerprint density at radius 1 is 1.12 bits per heavy atom. The number of hydrogen-bond acceptors (Lipinski definition) is 5. The minimum atomic E-state index is -0.161. The van der Waals surface area contributed by atoms with E-state index >= 15 is 0 Å². The van der Waals surface area contributed by atoms with E-state index in [1.165, 1.54) is 0 Å². The van der Waals surface area contributed by atoms with Gasteiger partial charge in [0.2, 0.25) is 11.9 Å². The first kappa shape index (κ1) is 17.9. The van der Waals surface area contributed by atoms with Gasteiger partial charge in [0.1, 0.15) is 5.75 Å². The van der Waals surface area contributed by atoms with Gasteiger partial charge in [-0.05, 0) is 36.4 Å². The number of ether oxygens (including phenoxy) is 2. The standard InChI is InChI=1S/C19H22N4O3/c1-25-12-11-20-13-18(24)22-19-21-16-5-3-4-6-17(16)23(19)14-7-9-15(26-2)10-8-14/h3-10,20H,11-13H2,1-2H3,(H,21,22,24). The third-order valence-electron chi connectivity index (χ3n) is 3.91. The lowest BCUT2D eigenvalue weighted by Crippen LogP contribution is -2.31. The normalized spacial score (nSPS) is 10.8. The Morgan fingerprint density at radius 2 is 1.88 bits per heavy atom. The third kappa shape index (κ3) is 4.01. The molecule has 1 heterocycles. The summed E-state index contributed by atoms with van der Waals surface area (Å²) >= 11 is 0. The number of methoxy groups -OCH3 is 2. The summed E-state index contributed by atoms with van der Waals surface area (Å²) in [5, 5.41) is 5.91. The molecule has 1 aromatic heterocycles. The van der Waals surface area contributed by atoms with Crippen LogP contribution in [0.15, 0.2) is 48.5 Å². The highest BCUT2D eigenvalue weighted by Gasteiger charge is 2.14. The van der Waals surface area contributed by atoms with E-state index in [4.69, 9.17) is 9.47 Å². The van der Waals surface area contributed by atoms with E-state index in [2.05, 4.69) is 15.6 Å². The number of nitrogens with zero attached hydrogens (tertiary/aromatic N) is 2. The third-order valence-corrected chi connectivity index (χ3v) is 3.91. The Bertz CT molecular complexity index is 874. The maximum atomic E-state index is 12.2. The molecule has 7 nitrogen and oxygen atoms in total. The Balaban J connectivity index is 1.88. The molecule has 0 saturated heterocycles. The van der Waals surface area contributed by atoms with E-state index in [1.54, 1.807) is 14.2 Å². The molecule has 0 bridgehead atoms. The minimum absolute atomic E-state index is 0.161. The number of imidazole rings is 1. The van der Waals surface area contributed by atoms with Crippen molar-refractivity contribution in [2.75, 3.05) is 39.2 Å². The number of para-hydroxylation sites is 2. The molecule has 2 N–H and O–H groups in total. The first-order valence-electron chi connectivity index (χ1n) is 8.34.